The van der Waals surface area contributed by atoms with Crippen LogP contribution in [0.2, 0.25) is 0 Å². The van der Waals surface area contributed by atoms with Crippen molar-refractivity contribution in [3.8, 4) is 17.0 Å². The second-order valence-corrected chi connectivity index (χ2v) is 16.4. The van der Waals surface area contributed by atoms with Crippen molar-refractivity contribution in [3.63, 3.8) is 0 Å². The number of alkyl halides is 3. The van der Waals surface area contributed by atoms with Crippen molar-refractivity contribution < 1.29 is 32.7 Å². The molecule has 0 unspecified atom stereocenters. The summed E-state index contributed by atoms with van der Waals surface area (Å²) in [6.07, 6.45) is 2.77. The number of piperazine rings is 1. The number of carbonyl (C=O) groups excluding carboxylic acids is 3. The molecule has 59 heavy (non-hydrogen) atoms. The summed E-state index contributed by atoms with van der Waals surface area (Å²) in [5.74, 6) is -0.806. The number of aromatic amines is 1. The predicted molar refractivity (Wildman–Crippen MR) is 223 cm³/mol. The highest BCUT2D eigenvalue weighted by atomic mass is 79.9. The van der Waals surface area contributed by atoms with Gasteiger partial charge in [0.05, 0.1) is 20.2 Å². The molecule has 316 valence electrons. The zero-order valence-electron chi connectivity index (χ0n) is 32.1. The van der Waals surface area contributed by atoms with Crippen molar-refractivity contribution in [3.05, 3.63) is 97.7 Å². The molecule has 2 aliphatic rings. The van der Waals surface area contributed by atoms with Gasteiger partial charge in [0.1, 0.15) is 17.8 Å². The fourth-order valence-corrected chi connectivity index (χ4v) is 8.72. The van der Waals surface area contributed by atoms with Crippen molar-refractivity contribution in [2.45, 2.75) is 62.8 Å². The number of imidazole rings is 1. The average molecular weight is 950 g/mol. The first-order valence-electron chi connectivity index (χ1n) is 19.4. The minimum absolute atomic E-state index is 0.0247. The molecule has 2 aliphatic heterocycles. The molecule has 2 fully saturated rings. The van der Waals surface area contributed by atoms with Crippen LogP contribution in [0.25, 0.3) is 11.3 Å². The van der Waals surface area contributed by atoms with Gasteiger partial charge in [-0.15, -0.1) is 0 Å². The summed E-state index contributed by atoms with van der Waals surface area (Å²) in [4.78, 5) is 67.2. The maximum Gasteiger partial charge on any atom is 0.416 e. The lowest BCUT2D eigenvalue weighted by Gasteiger charge is -2.38. The van der Waals surface area contributed by atoms with Crippen LogP contribution in [0.3, 0.4) is 0 Å². The highest BCUT2D eigenvalue weighted by Gasteiger charge is 2.34. The van der Waals surface area contributed by atoms with E-state index < -0.39 is 41.5 Å². The molecule has 2 aromatic carbocycles. The van der Waals surface area contributed by atoms with Crippen molar-refractivity contribution in [2.75, 3.05) is 50.7 Å². The Morgan fingerprint density at radius 1 is 0.915 bits per heavy atom. The van der Waals surface area contributed by atoms with Crippen LogP contribution in [0.4, 0.5) is 23.7 Å². The van der Waals surface area contributed by atoms with Crippen LogP contribution in [-0.2, 0) is 22.2 Å². The number of benzene rings is 2. The molecule has 0 bridgehead atoms. The number of aromatic hydroxyl groups is 1. The zero-order valence-corrected chi connectivity index (χ0v) is 35.2. The molecule has 4 amide bonds. The van der Waals surface area contributed by atoms with Crippen LogP contribution in [0.15, 0.2) is 80.9 Å². The number of pyridine rings is 1. The largest absolute Gasteiger partial charge is 0.506 e. The number of halogens is 5. The average Bonchev–Trinajstić information content (AvgIpc) is 3.63. The number of anilines is 1. The Bertz CT molecular complexity index is 2130. The van der Waals surface area contributed by atoms with Gasteiger partial charge in [0, 0.05) is 81.6 Å². The number of urea groups is 1. The maximum atomic E-state index is 14.2. The molecular weight excluding hydrogens is 903 g/mol. The number of hydrogen-bond donors (Lipinski definition) is 5. The summed E-state index contributed by atoms with van der Waals surface area (Å²) < 4.78 is 42.2. The molecule has 0 saturated carbocycles. The minimum atomic E-state index is -4.54. The summed E-state index contributed by atoms with van der Waals surface area (Å²) in [6.45, 7) is 3.00. The number of nitrogens with two attached hydrogens (primary N) is 1. The van der Waals surface area contributed by atoms with E-state index in [-0.39, 0.29) is 48.5 Å². The van der Waals surface area contributed by atoms with Gasteiger partial charge in [0.2, 0.25) is 11.8 Å². The van der Waals surface area contributed by atoms with Gasteiger partial charge in [-0.3, -0.25) is 19.1 Å². The van der Waals surface area contributed by atoms with Gasteiger partial charge in [-0.05, 0) is 112 Å². The standard InChI is InChI=1S/C40H46Br2F3N9O5/c41-30-20-25(21-31(42)35(30)55)22-33(36(56)48-32(6-1-2-11-46)37(57)52-18-16-51(17-19-52)28-7-12-47-13-8-28)49-38(58)53-14-9-29(10-15-53)54-24-34(50-39(54)59)26-4-3-5-27(23-26)40(43,44)45/h3-5,7-8,12-13,20-21,23-24,29,32-33,55H,1-2,6,9-11,14-19,22,46H2,(H,48,56)(H,49,58)(H,50,59)/t32-,33+/m0/s1. The van der Waals surface area contributed by atoms with Crippen molar-refractivity contribution in [2.24, 2.45) is 5.73 Å². The number of carbonyl (C=O) groups is 3. The van der Waals surface area contributed by atoms with Gasteiger partial charge in [-0.2, -0.15) is 13.2 Å². The Labute approximate surface area is 355 Å². The number of rotatable bonds is 13. The SMILES string of the molecule is NCCCC[C@H](NC(=O)[C@@H](Cc1cc(Br)c(O)c(Br)c1)NC(=O)N1CCC(n2cc(-c3cccc(C(F)(F)F)c3)[nH]c2=O)CC1)C(=O)N1CCN(c2ccncc2)CC1. The van der Waals surface area contributed by atoms with E-state index in [4.69, 9.17) is 5.73 Å². The molecule has 4 heterocycles. The maximum absolute atomic E-state index is 14.2. The van der Waals surface area contributed by atoms with Crippen LogP contribution in [-0.4, -0.2) is 105 Å². The Morgan fingerprint density at radius 2 is 1.59 bits per heavy atom. The van der Waals surface area contributed by atoms with Gasteiger partial charge >= 0.3 is 17.9 Å². The van der Waals surface area contributed by atoms with E-state index in [1.54, 1.807) is 29.4 Å². The number of likely N-dealkylation sites (tertiary alicyclic amines) is 1. The van der Waals surface area contributed by atoms with E-state index >= 15 is 0 Å². The van der Waals surface area contributed by atoms with Crippen molar-refractivity contribution in [1.82, 2.24) is 35.0 Å². The third-order valence-corrected chi connectivity index (χ3v) is 11.9. The van der Waals surface area contributed by atoms with Crippen LogP contribution in [0.1, 0.15) is 49.3 Å². The fraction of sp³-hybridized carbons (Fsp3) is 0.425. The molecule has 0 aliphatic carbocycles. The lowest BCUT2D eigenvalue weighted by Crippen LogP contribution is -2.59. The number of nitrogens with one attached hydrogen (secondary N) is 3. The summed E-state index contributed by atoms with van der Waals surface area (Å²) in [7, 11) is 0. The predicted octanol–water partition coefficient (Wildman–Crippen LogP) is 5.41. The first-order valence-corrected chi connectivity index (χ1v) is 21.0. The number of unbranched alkanes of at least 4 members (excludes halogenated alkanes) is 1. The molecule has 0 radical (unpaired) electrons. The van der Waals surface area contributed by atoms with Crippen LogP contribution in [0, 0.1) is 0 Å². The first-order chi connectivity index (χ1) is 28.2. The van der Waals surface area contributed by atoms with Gasteiger partial charge in [0.15, 0.2) is 0 Å². The Hall–Kier alpha value is -4.88. The number of piperidine rings is 1. The molecule has 6 N–H and O–H groups in total. The van der Waals surface area contributed by atoms with Gasteiger partial charge in [-0.1, -0.05) is 12.1 Å². The number of hydrogen-bond acceptors (Lipinski definition) is 8. The smallest absolute Gasteiger partial charge is 0.416 e. The topological polar surface area (TPSA) is 182 Å². The lowest BCUT2D eigenvalue weighted by atomic mass is 10.0. The summed E-state index contributed by atoms with van der Waals surface area (Å²) in [5.41, 5.74) is 6.55. The molecule has 6 rings (SSSR count). The Morgan fingerprint density at radius 3 is 2.24 bits per heavy atom. The molecular formula is C40H46Br2F3N9O5. The molecule has 2 saturated heterocycles. The van der Waals surface area contributed by atoms with E-state index in [2.05, 4.69) is 57.4 Å². The molecule has 0 spiro atoms. The lowest BCUT2D eigenvalue weighted by molar-refractivity contribution is -0.137. The summed E-state index contributed by atoms with van der Waals surface area (Å²) in [6, 6.07) is 8.99. The molecule has 2 atom stereocenters. The van der Waals surface area contributed by atoms with E-state index in [9.17, 15) is 37.5 Å². The van der Waals surface area contributed by atoms with E-state index in [0.717, 1.165) is 17.8 Å². The van der Waals surface area contributed by atoms with Crippen LogP contribution in [0.5, 0.6) is 5.75 Å². The second kappa shape index (κ2) is 19.5. The highest BCUT2D eigenvalue weighted by Crippen LogP contribution is 2.34. The third kappa shape index (κ3) is 11.0. The van der Waals surface area contributed by atoms with Gasteiger partial charge < -0.3 is 41.2 Å². The van der Waals surface area contributed by atoms with Gasteiger partial charge in [0.25, 0.3) is 0 Å². The van der Waals surface area contributed by atoms with E-state index in [1.165, 1.54) is 27.8 Å². The zero-order chi connectivity index (χ0) is 42.3. The van der Waals surface area contributed by atoms with Crippen molar-refractivity contribution >= 4 is 55.4 Å². The number of aromatic nitrogens is 3. The Kier molecular flexibility index (Phi) is 14.4. The van der Waals surface area contributed by atoms with E-state index in [1.807, 2.05) is 12.1 Å². The number of phenols is 1. The van der Waals surface area contributed by atoms with E-state index in [0.29, 0.717) is 79.3 Å². The number of amides is 4. The first kappa shape index (κ1) is 43.7. The second-order valence-electron chi connectivity index (χ2n) is 14.7. The number of nitrogens with zero attached hydrogens (tertiary/aromatic N) is 5. The molecule has 19 heteroatoms. The fourth-order valence-electron chi connectivity index (χ4n) is 7.44. The van der Waals surface area contributed by atoms with Crippen LogP contribution < -0.4 is 27.0 Å². The Balaban J connectivity index is 1.14. The molecule has 4 aromatic rings. The normalized spacial score (nSPS) is 16.1. The molecule has 14 nitrogen and oxygen atoms in total. The van der Waals surface area contributed by atoms with Crippen LogP contribution >= 0.6 is 31.9 Å². The van der Waals surface area contributed by atoms with Crippen molar-refractivity contribution in [1.29, 1.82) is 0 Å². The number of phenolic OH excluding ortho intramolecular Hbond substituents is 1. The van der Waals surface area contributed by atoms with Gasteiger partial charge in [-0.25, -0.2) is 9.59 Å². The monoisotopic (exact) mass is 947 g/mol. The summed E-state index contributed by atoms with van der Waals surface area (Å²) in [5, 5.41) is 16.1. The highest BCUT2D eigenvalue weighted by molar-refractivity contribution is 9.11. The quantitative estimate of drug-likeness (QED) is 0.110. The number of H-pyrrole nitrogens is 1. The molecule has 2 aromatic heterocycles. The third-order valence-electron chi connectivity index (χ3n) is 10.7. The minimum Gasteiger partial charge on any atom is -0.506 e. The summed E-state index contributed by atoms with van der Waals surface area (Å²) >= 11 is 6.67.